The highest BCUT2D eigenvalue weighted by Gasteiger charge is 2.15. The van der Waals surface area contributed by atoms with E-state index in [4.69, 9.17) is 10.5 Å². The number of carbonyl (C=O) groups is 2. The third-order valence-corrected chi connectivity index (χ3v) is 7.33. The Morgan fingerprint density at radius 1 is 1.11 bits per heavy atom. The Labute approximate surface area is 179 Å². The van der Waals surface area contributed by atoms with Crippen LogP contribution in [0.15, 0.2) is 24.3 Å². The molecule has 0 spiro atoms. The molecule has 1 unspecified atom stereocenters. The van der Waals surface area contributed by atoms with E-state index in [0.29, 0.717) is 43.8 Å². The quantitative estimate of drug-likeness (QED) is 0.246. The molecule has 1 aliphatic rings. The SMILES string of the molecule is C.C.Nc1cccc(CC(=O)COCCCC(=O)CCCCC2CCSS2)c1. The molecule has 0 aliphatic carbocycles. The van der Waals surface area contributed by atoms with Crippen LogP contribution in [0.25, 0.3) is 0 Å². The maximum absolute atomic E-state index is 11.9. The molecule has 0 saturated carbocycles. The molecule has 2 rings (SSSR count). The van der Waals surface area contributed by atoms with Gasteiger partial charge in [-0.25, -0.2) is 0 Å². The average Bonchev–Trinajstić information content (AvgIpc) is 3.12. The fraction of sp³-hybridized carbons (Fsp3) is 0.636. The van der Waals surface area contributed by atoms with Crippen molar-refractivity contribution in [2.45, 2.75) is 71.5 Å². The van der Waals surface area contributed by atoms with E-state index >= 15 is 0 Å². The molecule has 0 aromatic heterocycles. The standard InChI is InChI=1S/C20H29NO3S2.2CH4/c21-17-6-3-5-16(13-17)14-19(23)15-24-11-4-8-18(22)7-1-2-9-20-10-12-25-26-20;;/h3,5-6,13,20H,1-2,4,7-12,14-15,21H2;2*1H4. The van der Waals surface area contributed by atoms with Gasteiger partial charge in [0.2, 0.25) is 0 Å². The molecular weight excluding hydrogens is 390 g/mol. The summed E-state index contributed by atoms with van der Waals surface area (Å²) in [5, 5.41) is 0.799. The van der Waals surface area contributed by atoms with Crippen molar-refractivity contribution in [2.75, 3.05) is 24.7 Å². The number of anilines is 1. The van der Waals surface area contributed by atoms with Crippen LogP contribution >= 0.6 is 21.6 Å². The van der Waals surface area contributed by atoms with Crippen LogP contribution in [0.4, 0.5) is 5.69 Å². The van der Waals surface area contributed by atoms with Crippen molar-refractivity contribution in [2.24, 2.45) is 0 Å². The Morgan fingerprint density at radius 3 is 2.61 bits per heavy atom. The van der Waals surface area contributed by atoms with E-state index in [2.05, 4.69) is 0 Å². The normalized spacial score (nSPS) is 15.5. The molecule has 1 fully saturated rings. The number of unbranched alkanes of at least 4 members (excludes halogenated alkanes) is 1. The number of ketones is 2. The summed E-state index contributed by atoms with van der Waals surface area (Å²) in [4.78, 5) is 23.7. The number of nitrogen functional groups attached to an aromatic ring is 1. The third-order valence-electron chi connectivity index (χ3n) is 4.32. The van der Waals surface area contributed by atoms with E-state index in [1.807, 2.05) is 33.7 Å². The Kier molecular flexibility index (Phi) is 15.3. The highest BCUT2D eigenvalue weighted by atomic mass is 33.1. The molecule has 0 amide bonds. The maximum atomic E-state index is 11.9. The first-order valence-electron chi connectivity index (χ1n) is 9.37. The minimum absolute atomic E-state index is 0. The van der Waals surface area contributed by atoms with Gasteiger partial charge in [0.25, 0.3) is 0 Å². The summed E-state index contributed by atoms with van der Waals surface area (Å²) in [6, 6.07) is 7.34. The molecule has 1 atom stereocenters. The second kappa shape index (κ2) is 15.9. The summed E-state index contributed by atoms with van der Waals surface area (Å²) < 4.78 is 5.40. The average molecular weight is 428 g/mol. The van der Waals surface area contributed by atoms with Crippen LogP contribution in [0, 0.1) is 0 Å². The molecule has 160 valence electrons. The highest BCUT2D eigenvalue weighted by Crippen LogP contribution is 2.39. The molecule has 4 nitrogen and oxygen atoms in total. The van der Waals surface area contributed by atoms with Crippen LogP contribution in [0.1, 0.15) is 65.4 Å². The lowest BCUT2D eigenvalue weighted by molar-refractivity contribution is -0.123. The van der Waals surface area contributed by atoms with Gasteiger partial charge in [0, 0.05) is 42.6 Å². The summed E-state index contributed by atoms with van der Waals surface area (Å²) in [6.45, 7) is 0.560. The Hall–Kier alpha value is -0.980. The van der Waals surface area contributed by atoms with Crippen molar-refractivity contribution >= 4 is 38.8 Å². The fourth-order valence-corrected chi connectivity index (χ4v) is 5.95. The first kappa shape index (κ1) is 27.0. The monoisotopic (exact) mass is 427 g/mol. The van der Waals surface area contributed by atoms with Gasteiger partial charge in [0.15, 0.2) is 5.78 Å². The number of hydrogen-bond donors (Lipinski definition) is 1. The maximum Gasteiger partial charge on any atom is 0.162 e. The van der Waals surface area contributed by atoms with E-state index < -0.39 is 0 Å². The lowest BCUT2D eigenvalue weighted by atomic mass is 10.1. The molecule has 6 heteroatoms. The number of benzene rings is 1. The number of hydrogen-bond acceptors (Lipinski definition) is 6. The summed E-state index contributed by atoms with van der Waals surface area (Å²) in [6.07, 6.45) is 6.97. The first-order chi connectivity index (χ1) is 12.6. The van der Waals surface area contributed by atoms with Crippen LogP contribution in [-0.2, 0) is 20.7 Å². The zero-order valence-corrected chi connectivity index (χ0v) is 16.9. The molecule has 1 heterocycles. The minimum atomic E-state index is 0. The van der Waals surface area contributed by atoms with E-state index in [1.54, 1.807) is 12.1 Å². The van der Waals surface area contributed by atoms with Crippen molar-refractivity contribution < 1.29 is 14.3 Å². The number of Topliss-reactive ketones (excluding diaryl/α,β-unsaturated/α-hetero) is 2. The summed E-state index contributed by atoms with van der Waals surface area (Å²) in [5.74, 6) is 1.62. The van der Waals surface area contributed by atoms with Gasteiger partial charge in [-0.2, -0.15) is 0 Å². The van der Waals surface area contributed by atoms with Crippen molar-refractivity contribution in [1.29, 1.82) is 0 Å². The number of nitrogens with two attached hydrogens (primary N) is 1. The second-order valence-corrected chi connectivity index (χ2v) is 9.52. The van der Waals surface area contributed by atoms with Crippen LogP contribution in [-0.4, -0.2) is 35.8 Å². The summed E-state index contributed by atoms with van der Waals surface area (Å²) >= 11 is 0. The summed E-state index contributed by atoms with van der Waals surface area (Å²) in [7, 11) is 3.98. The molecule has 1 aromatic carbocycles. The molecule has 2 N–H and O–H groups in total. The van der Waals surface area contributed by atoms with Gasteiger partial charge >= 0.3 is 0 Å². The number of rotatable bonds is 13. The number of ether oxygens (including phenoxy) is 1. The van der Waals surface area contributed by atoms with E-state index in [-0.39, 0.29) is 27.2 Å². The van der Waals surface area contributed by atoms with E-state index in [9.17, 15) is 9.59 Å². The largest absolute Gasteiger partial charge is 0.399 e. The minimum Gasteiger partial charge on any atom is -0.399 e. The fourth-order valence-electron chi connectivity index (χ4n) is 2.92. The van der Waals surface area contributed by atoms with Gasteiger partial charge in [0.1, 0.15) is 12.4 Å². The molecule has 1 saturated heterocycles. The van der Waals surface area contributed by atoms with E-state index in [0.717, 1.165) is 23.7 Å². The molecule has 0 bridgehead atoms. The molecule has 28 heavy (non-hydrogen) atoms. The summed E-state index contributed by atoms with van der Waals surface area (Å²) in [5.41, 5.74) is 7.27. The molecule has 0 radical (unpaired) electrons. The van der Waals surface area contributed by atoms with Crippen molar-refractivity contribution in [3.8, 4) is 0 Å². The Balaban J connectivity index is 0.00000364. The van der Waals surface area contributed by atoms with Gasteiger partial charge in [-0.1, -0.05) is 55.0 Å². The molecule has 1 aliphatic heterocycles. The third kappa shape index (κ3) is 11.8. The predicted octanol–water partition coefficient (Wildman–Crippen LogP) is 5.73. The van der Waals surface area contributed by atoms with Crippen LogP contribution in [0.3, 0.4) is 0 Å². The van der Waals surface area contributed by atoms with Crippen LogP contribution < -0.4 is 5.73 Å². The van der Waals surface area contributed by atoms with Gasteiger partial charge in [-0.05, 0) is 43.4 Å². The lowest BCUT2D eigenvalue weighted by Crippen LogP contribution is -2.13. The topological polar surface area (TPSA) is 69.4 Å². The Morgan fingerprint density at radius 2 is 1.89 bits per heavy atom. The van der Waals surface area contributed by atoms with Crippen LogP contribution in [0.2, 0.25) is 0 Å². The lowest BCUT2D eigenvalue weighted by Gasteiger charge is -2.07. The van der Waals surface area contributed by atoms with Crippen molar-refractivity contribution in [3.63, 3.8) is 0 Å². The highest BCUT2D eigenvalue weighted by molar-refractivity contribution is 8.77. The predicted molar refractivity (Wildman–Crippen MR) is 125 cm³/mol. The first-order valence-corrected chi connectivity index (χ1v) is 11.8. The molecule has 1 aromatic rings. The van der Waals surface area contributed by atoms with Gasteiger partial charge < -0.3 is 10.5 Å². The smallest absolute Gasteiger partial charge is 0.162 e. The van der Waals surface area contributed by atoms with Crippen LogP contribution in [0.5, 0.6) is 0 Å². The van der Waals surface area contributed by atoms with Crippen molar-refractivity contribution in [3.05, 3.63) is 29.8 Å². The van der Waals surface area contributed by atoms with E-state index in [1.165, 1.54) is 18.6 Å². The number of carbonyl (C=O) groups excluding carboxylic acids is 2. The zero-order valence-electron chi connectivity index (χ0n) is 15.3. The Bertz CT molecular complexity index is 575. The van der Waals surface area contributed by atoms with Gasteiger partial charge in [-0.3, -0.25) is 9.59 Å². The van der Waals surface area contributed by atoms with Crippen molar-refractivity contribution in [1.82, 2.24) is 0 Å². The van der Waals surface area contributed by atoms with Gasteiger partial charge in [-0.15, -0.1) is 0 Å². The zero-order chi connectivity index (χ0) is 18.6. The molecular formula is C22H37NO3S2. The second-order valence-electron chi connectivity index (χ2n) is 6.73. The van der Waals surface area contributed by atoms with Gasteiger partial charge in [0.05, 0.1) is 0 Å².